The Morgan fingerprint density at radius 3 is 2.50 bits per heavy atom. The SMILES string of the molecule is C=CCC(C)(CCCCCCC)NNC(=O)c1ccccc1. The van der Waals surface area contributed by atoms with Crippen LogP contribution in [0.2, 0.25) is 0 Å². The molecule has 0 aliphatic carbocycles. The molecule has 2 N–H and O–H groups in total. The molecule has 1 aromatic carbocycles. The zero-order chi connectivity index (χ0) is 16.3. The molecule has 0 spiro atoms. The van der Waals surface area contributed by atoms with Crippen molar-refractivity contribution < 1.29 is 4.79 Å². The van der Waals surface area contributed by atoms with E-state index in [9.17, 15) is 4.79 Å². The molecule has 0 radical (unpaired) electrons. The number of nitrogens with one attached hydrogen (secondary N) is 2. The second-order valence-electron chi connectivity index (χ2n) is 6.16. The van der Waals surface area contributed by atoms with Gasteiger partial charge in [-0.2, -0.15) is 0 Å². The largest absolute Gasteiger partial charge is 0.287 e. The Morgan fingerprint density at radius 2 is 1.86 bits per heavy atom. The van der Waals surface area contributed by atoms with E-state index in [1.165, 1.54) is 32.1 Å². The fourth-order valence-corrected chi connectivity index (χ4v) is 2.52. The van der Waals surface area contributed by atoms with Crippen molar-refractivity contribution in [2.24, 2.45) is 0 Å². The van der Waals surface area contributed by atoms with Crippen molar-refractivity contribution in [3.8, 4) is 0 Å². The Labute approximate surface area is 135 Å². The van der Waals surface area contributed by atoms with Gasteiger partial charge in [0.2, 0.25) is 0 Å². The van der Waals surface area contributed by atoms with Gasteiger partial charge in [-0.05, 0) is 31.9 Å². The summed E-state index contributed by atoms with van der Waals surface area (Å²) in [6, 6.07) is 9.26. The Bertz CT molecular complexity index is 444. The molecule has 1 aromatic rings. The predicted octanol–water partition coefficient (Wildman–Crippen LogP) is 4.62. The summed E-state index contributed by atoms with van der Waals surface area (Å²) in [4.78, 5) is 12.1. The molecule has 1 unspecified atom stereocenters. The second kappa shape index (κ2) is 10.2. The van der Waals surface area contributed by atoms with Crippen LogP contribution in [0, 0.1) is 0 Å². The van der Waals surface area contributed by atoms with Crippen LogP contribution >= 0.6 is 0 Å². The summed E-state index contributed by atoms with van der Waals surface area (Å²) in [5, 5.41) is 0. The van der Waals surface area contributed by atoms with Gasteiger partial charge in [-0.25, -0.2) is 5.43 Å². The molecule has 3 nitrogen and oxygen atoms in total. The molecule has 0 heterocycles. The molecule has 1 atom stereocenters. The molecule has 0 aromatic heterocycles. The van der Waals surface area contributed by atoms with Crippen molar-refractivity contribution in [1.29, 1.82) is 0 Å². The topological polar surface area (TPSA) is 41.1 Å². The fraction of sp³-hybridized carbons (Fsp3) is 0.526. The van der Waals surface area contributed by atoms with Crippen molar-refractivity contribution in [2.45, 2.75) is 64.3 Å². The Balaban J connectivity index is 2.44. The molecular formula is C19H30N2O. The zero-order valence-corrected chi connectivity index (χ0v) is 14.0. The Kier molecular flexibility index (Phi) is 8.53. The first-order valence-corrected chi connectivity index (χ1v) is 8.35. The van der Waals surface area contributed by atoms with Crippen LogP contribution in [0.5, 0.6) is 0 Å². The maximum Gasteiger partial charge on any atom is 0.265 e. The number of hydrogen-bond donors (Lipinski definition) is 2. The summed E-state index contributed by atoms with van der Waals surface area (Å²) in [6.07, 6.45) is 10.0. The molecule has 22 heavy (non-hydrogen) atoms. The number of benzene rings is 1. The third-order valence-corrected chi connectivity index (χ3v) is 3.94. The minimum Gasteiger partial charge on any atom is -0.287 e. The third kappa shape index (κ3) is 6.90. The third-order valence-electron chi connectivity index (χ3n) is 3.94. The molecule has 1 rings (SSSR count). The highest BCUT2D eigenvalue weighted by atomic mass is 16.2. The number of carbonyl (C=O) groups excluding carboxylic acids is 1. The van der Waals surface area contributed by atoms with Crippen molar-refractivity contribution in [3.05, 3.63) is 48.6 Å². The highest BCUT2D eigenvalue weighted by Gasteiger charge is 2.22. The van der Waals surface area contributed by atoms with Crippen LogP contribution in [-0.4, -0.2) is 11.4 Å². The highest BCUT2D eigenvalue weighted by Crippen LogP contribution is 2.19. The van der Waals surface area contributed by atoms with Gasteiger partial charge < -0.3 is 0 Å². The number of hydrazine groups is 1. The monoisotopic (exact) mass is 302 g/mol. The number of unbranched alkanes of at least 4 members (excludes halogenated alkanes) is 4. The van der Waals surface area contributed by atoms with Gasteiger partial charge in [0.05, 0.1) is 0 Å². The molecular weight excluding hydrogens is 272 g/mol. The molecule has 0 saturated heterocycles. The van der Waals surface area contributed by atoms with Gasteiger partial charge >= 0.3 is 0 Å². The van der Waals surface area contributed by atoms with Crippen molar-refractivity contribution in [1.82, 2.24) is 10.9 Å². The quantitative estimate of drug-likeness (QED) is 0.356. The first kappa shape index (κ1) is 18.4. The van der Waals surface area contributed by atoms with E-state index in [4.69, 9.17) is 0 Å². The van der Waals surface area contributed by atoms with E-state index in [0.717, 1.165) is 12.8 Å². The average Bonchev–Trinajstić information content (AvgIpc) is 2.54. The van der Waals surface area contributed by atoms with E-state index in [1.54, 1.807) is 0 Å². The van der Waals surface area contributed by atoms with Crippen molar-refractivity contribution in [2.75, 3.05) is 0 Å². The van der Waals surface area contributed by atoms with Gasteiger partial charge in [0.15, 0.2) is 0 Å². The fourth-order valence-electron chi connectivity index (χ4n) is 2.52. The lowest BCUT2D eigenvalue weighted by molar-refractivity contribution is 0.0903. The van der Waals surface area contributed by atoms with E-state index in [1.807, 2.05) is 36.4 Å². The predicted molar refractivity (Wildman–Crippen MR) is 93.6 cm³/mol. The molecule has 0 saturated carbocycles. The normalized spacial score (nSPS) is 13.4. The first-order chi connectivity index (χ1) is 10.6. The smallest absolute Gasteiger partial charge is 0.265 e. The van der Waals surface area contributed by atoms with Gasteiger partial charge in [-0.15, -0.1) is 6.58 Å². The molecule has 0 fully saturated rings. The van der Waals surface area contributed by atoms with E-state index in [2.05, 4.69) is 31.3 Å². The number of rotatable bonds is 11. The number of hydrogen-bond acceptors (Lipinski definition) is 2. The Morgan fingerprint density at radius 1 is 1.18 bits per heavy atom. The van der Waals surface area contributed by atoms with Crippen LogP contribution in [0.3, 0.4) is 0 Å². The summed E-state index contributed by atoms with van der Waals surface area (Å²) in [5.74, 6) is -0.0955. The zero-order valence-electron chi connectivity index (χ0n) is 14.0. The van der Waals surface area contributed by atoms with Gasteiger partial charge in [0.25, 0.3) is 5.91 Å². The minimum absolute atomic E-state index is 0.0955. The minimum atomic E-state index is -0.140. The second-order valence-corrected chi connectivity index (χ2v) is 6.16. The summed E-state index contributed by atoms with van der Waals surface area (Å²) < 4.78 is 0. The van der Waals surface area contributed by atoms with Crippen molar-refractivity contribution >= 4 is 5.91 Å². The number of amides is 1. The first-order valence-electron chi connectivity index (χ1n) is 8.35. The maximum absolute atomic E-state index is 12.1. The van der Waals surface area contributed by atoms with Crippen LogP contribution in [0.25, 0.3) is 0 Å². The van der Waals surface area contributed by atoms with Crippen LogP contribution < -0.4 is 10.9 Å². The molecule has 0 aliphatic heterocycles. The maximum atomic E-state index is 12.1. The van der Waals surface area contributed by atoms with Crippen LogP contribution in [0.1, 0.15) is 69.2 Å². The average molecular weight is 302 g/mol. The molecule has 1 amide bonds. The van der Waals surface area contributed by atoms with Crippen molar-refractivity contribution in [3.63, 3.8) is 0 Å². The van der Waals surface area contributed by atoms with Gasteiger partial charge in [-0.1, -0.05) is 63.3 Å². The Hall–Kier alpha value is -1.61. The standard InChI is InChI=1S/C19H30N2O/c1-4-6-7-8-12-16-19(3,15-5-2)21-20-18(22)17-13-10-9-11-14-17/h5,9-11,13-14,21H,2,4,6-8,12,15-16H2,1,3H3,(H,20,22). The van der Waals surface area contributed by atoms with E-state index >= 15 is 0 Å². The highest BCUT2D eigenvalue weighted by molar-refractivity contribution is 5.93. The molecule has 0 bridgehead atoms. The number of carbonyl (C=O) groups is 1. The summed E-state index contributed by atoms with van der Waals surface area (Å²) in [6.45, 7) is 8.20. The summed E-state index contributed by atoms with van der Waals surface area (Å²) in [7, 11) is 0. The van der Waals surface area contributed by atoms with Gasteiger partial charge in [0, 0.05) is 11.1 Å². The van der Waals surface area contributed by atoms with Gasteiger partial charge in [-0.3, -0.25) is 10.2 Å². The molecule has 3 heteroatoms. The van der Waals surface area contributed by atoms with Crippen LogP contribution in [-0.2, 0) is 0 Å². The van der Waals surface area contributed by atoms with Crippen LogP contribution in [0.15, 0.2) is 43.0 Å². The molecule has 122 valence electrons. The lowest BCUT2D eigenvalue weighted by atomic mass is 9.91. The van der Waals surface area contributed by atoms with Crippen LogP contribution in [0.4, 0.5) is 0 Å². The molecule has 0 aliphatic rings. The van der Waals surface area contributed by atoms with E-state index in [0.29, 0.717) is 5.56 Å². The van der Waals surface area contributed by atoms with E-state index in [-0.39, 0.29) is 11.4 Å². The van der Waals surface area contributed by atoms with Gasteiger partial charge in [0.1, 0.15) is 0 Å². The summed E-state index contributed by atoms with van der Waals surface area (Å²) in [5.41, 5.74) is 6.58. The summed E-state index contributed by atoms with van der Waals surface area (Å²) >= 11 is 0. The van der Waals surface area contributed by atoms with E-state index < -0.39 is 0 Å². The lowest BCUT2D eigenvalue weighted by Gasteiger charge is -2.30. The lowest BCUT2D eigenvalue weighted by Crippen LogP contribution is -2.52.